The van der Waals surface area contributed by atoms with Crippen LogP contribution in [-0.4, -0.2) is 39.5 Å². The number of amides is 3. The quantitative estimate of drug-likeness (QED) is 0.116. The Kier molecular flexibility index (Phi) is 7.18. The van der Waals surface area contributed by atoms with E-state index in [0.29, 0.717) is 17.1 Å². The van der Waals surface area contributed by atoms with Gasteiger partial charge in [-0.3, -0.25) is 34.2 Å². The van der Waals surface area contributed by atoms with Gasteiger partial charge in [0.2, 0.25) is 11.8 Å². The number of fused-ring (bicyclic) bond motifs is 10. The Morgan fingerprint density at radius 2 is 1.68 bits per heavy atom. The van der Waals surface area contributed by atoms with Crippen molar-refractivity contribution < 1.29 is 24.0 Å². The summed E-state index contributed by atoms with van der Waals surface area (Å²) < 4.78 is 5.98. The molecule has 0 radical (unpaired) electrons. The molecule has 4 aromatic carbocycles. The number of hydrogen-bond acceptors (Lipinski definition) is 9. The van der Waals surface area contributed by atoms with E-state index in [1.807, 2.05) is 60.7 Å². The van der Waals surface area contributed by atoms with Gasteiger partial charge in [-0.25, -0.2) is 0 Å². The summed E-state index contributed by atoms with van der Waals surface area (Å²) in [6.07, 6.45) is 0.726. The number of nitrogens with one attached hydrogen (secondary N) is 2. The van der Waals surface area contributed by atoms with Crippen LogP contribution in [0.25, 0.3) is 10.8 Å². The summed E-state index contributed by atoms with van der Waals surface area (Å²) in [5.74, 6) is -1.74. The summed E-state index contributed by atoms with van der Waals surface area (Å²) in [5.41, 5.74) is 1.81. The maximum Gasteiger partial charge on any atom is 0.305 e. The predicted octanol–water partition coefficient (Wildman–Crippen LogP) is 6.19. The van der Waals surface area contributed by atoms with Crippen molar-refractivity contribution in [1.82, 2.24) is 4.98 Å². The molecule has 50 heavy (non-hydrogen) atoms. The van der Waals surface area contributed by atoms with Gasteiger partial charge in [-0.05, 0) is 76.9 Å². The molecule has 250 valence electrons. The molecule has 1 aromatic heterocycles. The third-order valence-corrected chi connectivity index (χ3v) is 13.3. The number of aromatic amines is 1. The Hall–Kier alpha value is -5.27. The normalized spacial score (nSPS) is 26.1. The second kappa shape index (κ2) is 11.7. The Morgan fingerprint density at radius 1 is 0.920 bits per heavy atom. The molecule has 0 spiro atoms. The number of carbonyl (C=O) groups is 3. The molecule has 4 aliphatic rings. The summed E-state index contributed by atoms with van der Waals surface area (Å²) >= 11 is 2.77. The van der Waals surface area contributed by atoms with Gasteiger partial charge >= 0.3 is 4.87 Å². The van der Waals surface area contributed by atoms with E-state index >= 15 is 0 Å². The lowest BCUT2D eigenvalue weighted by molar-refractivity contribution is -0.384. The number of nitrogens with zero attached hydrogens (tertiary/aromatic N) is 2. The minimum absolute atomic E-state index is 0.00475. The van der Waals surface area contributed by atoms with Crippen LogP contribution in [0.15, 0.2) is 101 Å². The molecule has 2 N–H and O–H groups in total. The number of rotatable bonds is 7. The van der Waals surface area contributed by atoms with Crippen LogP contribution in [0.2, 0.25) is 0 Å². The van der Waals surface area contributed by atoms with Crippen LogP contribution in [-0.2, 0) is 14.4 Å². The van der Waals surface area contributed by atoms with E-state index < -0.39 is 16.8 Å². The van der Waals surface area contributed by atoms with Gasteiger partial charge in [0.15, 0.2) is 6.61 Å². The molecular formula is C37H28N4O7S2. The zero-order valence-electron chi connectivity index (χ0n) is 26.2. The van der Waals surface area contributed by atoms with Crippen molar-refractivity contribution in [2.24, 2.45) is 29.6 Å². The van der Waals surface area contributed by atoms with Crippen LogP contribution in [0.5, 0.6) is 5.75 Å². The number of non-ortho nitro benzene ring substituents is 1. The van der Waals surface area contributed by atoms with Gasteiger partial charge in [0, 0.05) is 33.9 Å². The number of nitro groups is 1. The summed E-state index contributed by atoms with van der Waals surface area (Å²) in [6.45, 7) is -0.199. The highest BCUT2D eigenvalue weighted by Gasteiger charge is 2.69. The van der Waals surface area contributed by atoms with Crippen molar-refractivity contribution >= 4 is 68.7 Å². The van der Waals surface area contributed by atoms with Gasteiger partial charge in [0.05, 0.1) is 27.5 Å². The molecule has 2 saturated carbocycles. The molecule has 7 atom stereocenters. The van der Waals surface area contributed by atoms with Crippen molar-refractivity contribution in [2.75, 3.05) is 16.8 Å². The maximum atomic E-state index is 14.0. The molecule has 3 amide bonds. The van der Waals surface area contributed by atoms with Gasteiger partial charge in [0.1, 0.15) is 5.75 Å². The van der Waals surface area contributed by atoms with E-state index in [1.165, 1.54) is 40.5 Å². The molecule has 3 fully saturated rings. The number of hydrogen-bond donors (Lipinski definition) is 2. The third-order valence-electron chi connectivity index (χ3n) is 10.7. The number of imide groups is 1. The smallest absolute Gasteiger partial charge is 0.305 e. The Labute approximate surface area is 292 Å². The number of thioether (sulfide) groups is 1. The Morgan fingerprint density at radius 3 is 2.46 bits per heavy atom. The minimum Gasteiger partial charge on any atom is -0.484 e. The lowest BCUT2D eigenvalue weighted by atomic mass is 9.68. The second-order valence-corrected chi connectivity index (χ2v) is 15.4. The molecule has 2 bridgehead atoms. The number of nitro benzene ring substituents is 1. The number of benzene rings is 4. The predicted molar refractivity (Wildman–Crippen MR) is 189 cm³/mol. The minimum atomic E-state index is -0.515. The van der Waals surface area contributed by atoms with E-state index in [-0.39, 0.29) is 63.8 Å². The third kappa shape index (κ3) is 4.86. The molecule has 2 aliphatic heterocycles. The first-order valence-electron chi connectivity index (χ1n) is 16.3. The van der Waals surface area contributed by atoms with Crippen LogP contribution in [0.4, 0.5) is 17.1 Å². The van der Waals surface area contributed by atoms with Crippen LogP contribution in [0.1, 0.15) is 22.8 Å². The highest BCUT2D eigenvalue weighted by atomic mass is 32.2. The van der Waals surface area contributed by atoms with Crippen LogP contribution in [0.3, 0.4) is 0 Å². The van der Waals surface area contributed by atoms with E-state index in [9.17, 15) is 29.3 Å². The first-order chi connectivity index (χ1) is 24.2. The summed E-state index contributed by atoms with van der Waals surface area (Å²) in [5, 5.41) is 17.0. The SMILES string of the molecule is O=C(COc1cccc([C@@H]2c3sc(=O)[nH]c3S[C@@H]3[C@@H]4C[C@@H]([C@@H]5C(=O)N(c6ccc([N+](=O)[O-])cc6)C(=O)[C@@H]45)[C@H]23)c1)Nc1ccc2ccccc2c1. The molecule has 13 heteroatoms. The maximum absolute atomic E-state index is 14.0. The summed E-state index contributed by atoms with van der Waals surface area (Å²) in [6, 6.07) is 26.7. The summed E-state index contributed by atoms with van der Waals surface area (Å²) in [7, 11) is 0. The van der Waals surface area contributed by atoms with Crippen molar-refractivity contribution in [3.05, 3.63) is 121 Å². The van der Waals surface area contributed by atoms with Crippen molar-refractivity contribution in [2.45, 2.75) is 22.6 Å². The topological polar surface area (TPSA) is 152 Å². The van der Waals surface area contributed by atoms with E-state index in [0.717, 1.165) is 32.7 Å². The number of aromatic nitrogens is 1. The number of H-pyrrole nitrogens is 1. The highest BCUT2D eigenvalue weighted by molar-refractivity contribution is 8.00. The molecule has 3 heterocycles. The van der Waals surface area contributed by atoms with Gasteiger partial charge in [-0.1, -0.05) is 53.8 Å². The molecule has 9 rings (SSSR count). The number of anilines is 2. The zero-order chi connectivity index (χ0) is 34.3. The first-order valence-corrected chi connectivity index (χ1v) is 18.0. The lowest BCUT2D eigenvalue weighted by Gasteiger charge is -2.43. The molecular weight excluding hydrogens is 677 g/mol. The fraction of sp³-hybridized carbons (Fsp3) is 0.243. The van der Waals surface area contributed by atoms with Crippen molar-refractivity contribution in [3.8, 4) is 5.75 Å². The molecule has 0 unspecified atom stereocenters. The highest BCUT2D eigenvalue weighted by Crippen LogP contribution is 2.68. The largest absolute Gasteiger partial charge is 0.484 e. The first kappa shape index (κ1) is 30.8. The zero-order valence-corrected chi connectivity index (χ0v) is 27.8. The average molecular weight is 705 g/mol. The van der Waals surface area contributed by atoms with Crippen LogP contribution >= 0.6 is 23.1 Å². The monoisotopic (exact) mass is 704 g/mol. The standard InChI is InChI=1S/C37H28N4O7S2/c42-27(38-21-9-8-18-4-1-2-5-19(18)14-21)17-48-24-7-3-6-20(15-24)28-29-25-16-26(32(29)49-34-33(28)50-37(45)39-34)31-30(25)35(43)40(36(31)44)22-10-12-23(13-11-22)41(46)47/h1-15,25-26,28-32H,16-17H2,(H,38,42)(H,39,45)/t25-,26-,28+,29-,30+,31+,32-/m1/s1. The fourth-order valence-corrected chi connectivity index (χ4v) is 11.7. The van der Waals surface area contributed by atoms with Crippen LogP contribution in [0, 0.1) is 39.7 Å². The molecule has 2 aliphatic carbocycles. The molecule has 11 nitrogen and oxygen atoms in total. The van der Waals surface area contributed by atoms with E-state index in [2.05, 4.69) is 10.3 Å². The van der Waals surface area contributed by atoms with Crippen LogP contribution < -0.4 is 19.8 Å². The molecule has 5 aromatic rings. The van der Waals surface area contributed by atoms with Crippen molar-refractivity contribution in [1.29, 1.82) is 0 Å². The van der Waals surface area contributed by atoms with E-state index in [1.54, 1.807) is 17.8 Å². The average Bonchev–Trinajstić information content (AvgIpc) is 3.86. The van der Waals surface area contributed by atoms with Gasteiger partial charge < -0.3 is 15.0 Å². The fourth-order valence-electron chi connectivity index (χ4n) is 8.78. The van der Waals surface area contributed by atoms with Gasteiger partial charge in [-0.15, -0.1) is 11.8 Å². The second-order valence-electron chi connectivity index (χ2n) is 13.2. The molecule has 1 saturated heterocycles. The Bertz CT molecular complexity index is 2300. The Balaban J connectivity index is 0.981. The van der Waals surface area contributed by atoms with Gasteiger partial charge in [0.25, 0.3) is 11.6 Å². The van der Waals surface area contributed by atoms with Gasteiger partial charge in [-0.2, -0.15) is 0 Å². The number of carbonyl (C=O) groups excluding carboxylic acids is 3. The number of ether oxygens (including phenoxy) is 1. The summed E-state index contributed by atoms with van der Waals surface area (Å²) in [4.78, 5) is 69.1. The number of thiazole rings is 1. The van der Waals surface area contributed by atoms with Crippen molar-refractivity contribution in [3.63, 3.8) is 0 Å². The van der Waals surface area contributed by atoms with E-state index in [4.69, 9.17) is 4.74 Å². The lowest BCUT2D eigenvalue weighted by Crippen LogP contribution is -2.42.